The van der Waals surface area contributed by atoms with Crippen LogP contribution < -0.4 is 4.90 Å². The van der Waals surface area contributed by atoms with Gasteiger partial charge in [0.05, 0.1) is 0 Å². The maximum Gasteiger partial charge on any atom is 0.143 e. The largest absolute Gasteiger partial charge is 0.455 e. The zero-order valence-electron chi connectivity index (χ0n) is 21.7. The van der Waals surface area contributed by atoms with E-state index in [1.807, 2.05) is 12.1 Å². The van der Waals surface area contributed by atoms with E-state index in [-0.39, 0.29) is 0 Å². The van der Waals surface area contributed by atoms with Gasteiger partial charge in [0.15, 0.2) is 0 Å². The Morgan fingerprint density at radius 1 is 0.658 bits per heavy atom. The first kappa shape index (κ1) is 23.6. The van der Waals surface area contributed by atoms with Gasteiger partial charge >= 0.3 is 0 Å². The minimum atomic E-state index is 0.816. The third kappa shape index (κ3) is 4.01. The molecule has 0 unspecified atom stereocenters. The van der Waals surface area contributed by atoms with E-state index in [0.717, 1.165) is 50.1 Å². The van der Waals surface area contributed by atoms with Gasteiger partial charge in [0.2, 0.25) is 0 Å². The number of anilines is 2. The molecule has 2 nitrogen and oxygen atoms in total. The van der Waals surface area contributed by atoms with Gasteiger partial charge in [0, 0.05) is 33.4 Å². The fourth-order valence-corrected chi connectivity index (χ4v) is 5.19. The molecule has 6 rings (SSSR count). The maximum absolute atomic E-state index is 6.27. The molecule has 0 atom stereocenters. The summed E-state index contributed by atoms with van der Waals surface area (Å²) < 4.78 is 6.27. The Labute approximate surface area is 223 Å². The zero-order chi connectivity index (χ0) is 26.2. The number of hydrogen-bond acceptors (Lipinski definition) is 2. The van der Waals surface area contributed by atoms with Crippen molar-refractivity contribution in [3.8, 4) is 22.3 Å². The van der Waals surface area contributed by atoms with Gasteiger partial charge in [0.1, 0.15) is 11.2 Å². The molecule has 0 aliphatic rings. The predicted molar refractivity (Wildman–Crippen MR) is 162 cm³/mol. The zero-order valence-corrected chi connectivity index (χ0v) is 21.7. The molecular formula is C36H29NO. The first-order valence-electron chi connectivity index (χ1n) is 12.8. The Kier molecular flexibility index (Phi) is 5.94. The van der Waals surface area contributed by atoms with Crippen molar-refractivity contribution >= 4 is 33.3 Å². The summed E-state index contributed by atoms with van der Waals surface area (Å²) in [6.45, 7) is 12.6. The normalized spacial score (nSPS) is 11.1. The van der Waals surface area contributed by atoms with Gasteiger partial charge in [-0.15, -0.1) is 0 Å². The molecule has 0 aliphatic carbocycles. The molecule has 5 aromatic carbocycles. The lowest BCUT2D eigenvalue weighted by Crippen LogP contribution is -2.14. The summed E-state index contributed by atoms with van der Waals surface area (Å²) in [7, 11) is 0. The van der Waals surface area contributed by atoms with Crippen LogP contribution in [0.2, 0.25) is 0 Å². The standard InChI is InChI=1S/C36H29NO/c1-5-25(3)37(29-20-16-27(17-21-29)31-12-8-10-24(2)26(31)4)30-22-18-28(19-23-30)32-13-9-14-34-33-11-6-7-15-35(33)38-36(32)34/h5-23H,1,3H2,2,4H3. The summed E-state index contributed by atoms with van der Waals surface area (Å²) in [4.78, 5) is 2.13. The number of para-hydroxylation sites is 2. The summed E-state index contributed by atoms with van der Waals surface area (Å²) >= 11 is 0. The highest BCUT2D eigenvalue weighted by molar-refractivity contribution is 6.09. The molecule has 0 saturated carbocycles. The van der Waals surface area contributed by atoms with Gasteiger partial charge < -0.3 is 9.32 Å². The number of aryl methyl sites for hydroxylation is 1. The number of rotatable bonds is 6. The van der Waals surface area contributed by atoms with E-state index in [9.17, 15) is 0 Å². The van der Waals surface area contributed by atoms with Crippen molar-refractivity contribution in [1.82, 2.24) is 0 Å². The van der Waals surface area contributed by atoms with E-state index in [4.69, 9.17) is 4.42 Å². The lowest BCUT2D eigenvalue weighted by atomic mass is 9.97. The fourth-order valence-electron chi connectivity index (χ4n) is 5.19. The summed E-state index contributed by atoms with van der Waals surface area (Å²) in [5, 5.41) is 2.27. The van der Waals surface area contributed by atoms with Gasteiger partial charge in [-0.25, -0.2) is 0 Å². The molecule has 0 spiro atoms. The number of nitrogens with zero attached hydrogens (tertiary/aromatic N) is 1. The number of furan rings is 1. The molecule has 184 valence electrons. The monoisotopic (exact) mass is 491 g/mol. The van der Waals surface area contributed by atoms with Crippen LogP contribution in [0.25, 0.3) is 44.2 Å². The number of fused-ring (bicyclic) bond motifs is 3. The Morgan fingerprint density at radius 2 is 1.24 bits per heavy atom. The quantitative estimate of drug-likeness (QED) is 0.215. The van der Waals surface area contributed by atoms with E-state index in [1.165, 1.54) is 22.3 Å². The summed E-state index contributed by atoms with van der Waals surface area (Å²) in [5.74, 6) is 0. The SMILES string of the molecule is C=CC(=C)N(c1ccc(-c2cccc(C)c2C)cc1)c1ccc(-c2cccc3c2oc2ccccc23)cc1. The van der Waals surface area contributed by atoms with Crippen LogP contribution >= 0.6 is 0 Å². The summed E-state index contributed by atoms with van der Waals surface area (Å²) in [6.07, 6.45) is 1.79. The van der Waals surface area contributed by atoms with Crippen LogP contribution in [0.3, 0.4) is 0 Å². The van der Waals surface area contributed by atoms with Crippen molar-refractivity contribution in [1.29, 1.82) is 0 Å². The van der Waals surface area contributed by atoms with Crippen molar-refractivity contribution in [2.24, 2.45) is 0 Å². The molecule has 38 heavy (non-hydrogen) atoms. The van der Waals surface area contributed by atoms with Crippen molar-refractivity contribution in [2.75, 3.05) is 4.90 Å². The molecule has 0 N–H and O–H groups in total. The van der Waals surface area contributed by atoms with Crippen LogP contribution in [0.15, 0.2) is 139 Å². The molecule has 2 heteroatoms. The van der Waals surface area contributed by atoms with Crippen LogP contribution in [0.1, 0.15) is 11.1 Å². The van der Waals surface area contributed by atoms with Gasteiger partial charge in [-0.2, -0.15) is 0 Å². The van der Waals surface area contributed by atoms with Crippen LogP contribution in [-0.2, 0) is 0 Å². The van der Waals surface area contributed by atoms with Crippen LogP contribution in [0.4, 0.5) is 11.4 Å². The highest BCUT2D eigenvalue weighted by Gasteiger charge is 2.15. The second-order valence-electron chi connectivity index (χ2n) is 9.65. The van der Waals surface area contributed by atoms with E-state index in [1.54, 1.807) is 6.08 Å². The van der Waals surface area contributed by atoms with E-state index in [0.29, 0.717) is 0 Å². The van der Waals surface area contributed by atoms with Gasteiger partial charge in [0.25, 0.3) is 0 Å². The van der Waals surface area contributed by atoms with Crippen molar-refractivity contribution in [2.45, 2.75) is 13.8 Å². The smallest absolute Gasteiger partial charge is 0.143 e. The molecule has 0 fully saturated rings. The second-order valence-corrected chi connectivity index (χ2v) is 9.65. The third-order valence-corrected chi connectivity index (χ3v) is 7.40. The topological polar surface area (TPSA) is 16.4 Å². The minimum absolute atomic E-state index is 0.816. The summed E-state index contributed by atoms with van der Waals surface area (Å²) in [6, 6.07) is 38.2. The average molecular weight is 492 g/mol. The molecule has 0 amide bonds. The highest BCUT2D eigenvalue weighted by Crippen LogP contribution is 2.38. The first-order valence-corrected chi connectivity index (χ1v) is 12.8. The molecule has 0 saturated heterocycles. The first-order chi connectivity index (χ1) is 18.5. The molecular weight excluding hydrogens is 462 g/mol. The van der Waals surface area contributed by atoms with E-state index < -0.39 is 0 Å². The molecule has 0 bridgehead atoms. The number of hydrogen-bond donors (Lipinski definition) is 0. The van der Waals surface area contributed by atoms with Gasteiger partial charge in [-0.1, -0.05) is 92.0 Å². The Morgan fingerprint density at radius 3 is 1.92 bits per heavy atom. The van der Waals surface area contributed by atoms with Crippen molar-refractivity contribution in [3.05, 3.63) is 145 Å². The minimum Gasteiger partial charge on any atom is -0.455 e. The second kappa shape index (κ2) is 9.57. The molecule has 0 aliphatic heterocycles. The van der Waals surface area contributed by atoms with Crippen molar-refractivity contribution < 1.29 is 4.42 Å². The molecule has 1 aromatic heterocycles. The third-order valence-electron chi connectivity index (χ3n) is 7.40. The summed E-state index contributed by atoms with van der Waals surface area (Å²) in [5.41, 5.74) is 11.9. The number of allylic oxidation sites excluding steroid dienone is 1. The van der Waals surface area contributed by atoms with Crippen LogP contribution in [-0.4, -0.2) is 0 Å². The van der Waals surface area contributed by atoms with Gasteiger partial charge in [-0.05, 0) is 78.1 Å². The predicted octanol–water partition coefficient (Wildman–Crippen LogP) is 10.4. The highest BCUT2D eigenvalue weighted by atomic mass is 16.3. The Hall–Kier alpha value is -4.82. The van der Waals surface area contributed by atoms with Crippen molar-refractivity contribution in [3.63, 3.8) is 0 Å². The maximum atomic E-state index is 6.27. The lowest BCUT2D eigenvalue weighted by molar-refractivity contribution is 0.670. The number of benzene rings is 5. The molecule has 6 aromatic rings. The Bertz CT molecular complexity index is 1800. The average Bonchev–Trinajstić information content (AvgIpc) is 3.34. The van der Waals surface area contributed by atoms with Crippen LogP contribution in [0.5, 0.6) is 0 Å². The van der Waals surface area contributed by atoms with Crippen LogP contribution in [0, 0.1) is 13.8 Å². The van der Waals surface area contributed by atoms with E-state index >= 15 is 0 Å². The Balaban J connectivity index is 1.36. The lowest BCUT2D eigenvalue weighted by Gasteiger charge is -2.26. The van der Waals surface area contributed by atoms with E-state index in [2.05, 4.69) is 129 Å². The van der Waals surface area contributed by atoms with Gasteiger partial charge in [-0.3, -0.25) is 0 Å². The molecule has 1 heterocycles. The fraction of sp³-hybridized carbons (Fsp3) is 0.0556. The molecule has 0 radical (unpaired) electrons.